The number of rotatable bonds is 2. The zero-order valence-corrected chi connectivity index (χ0v) is 13.3. The Labute approximate surface area is 141 Å². The molecule has 1 heterocycles. The summed E-state index contributed by atoms with van der Waals surface area (Å²) < 4.78 is 5.62. The Hall–Kier alpha value is -2.56. The fourth-order valence-corrected chi connectivity index (χ4v) is 3.45. The van der Waals surface area contributed by atoms with Crippen molar-refractivity contribution in [2.45, 2.75) is 12.3 Å². The van der Waals surface area contributed by atoms with E-state index in [9.17, 15) is 5.11 Å². The van der Waals surface area contributed by atoms with Gasteiger partial charge in [-0.05, 0) is 17.0 Å². The Kier molecular flexibility index (Phi) is 3.84. The van der Waals surface area contributed by atoms with Crippen LogP contribution in [0.4, 0.5) is 11.4 Å². The predicted molar refractivity (Wildman–Crippen MR) is 96.8 cm³/mol. The number of nitrogens with two attached hydrogens (primary N) is 1. The largest absolute Gasteiger partial charge is 0.397 e. The van der Waals surface area contributed by atoms with Crippen molar-refractivity contribution < 1.29 is 9.84 Å². The van der Waals surface area contributed by atoms with E-state index in [-0.39, 0.29) is 12.6 Å². The first kappa shape index (κ1) is 15.0. The fourth-order valence-electron chi connectivity index (χ4n) is 3.45. The van der Waals surface area contributed by atoms with Gasteiger partial charge < -0.3 is 20.5 Å². The van der Waals surface area contributed by atoms with Crippen LogP contribution >= 0.6 is 0 Å². The summed E-state index contributed by atoms with van der Waals surface area (Å²) >= 11 is 0. The Bertz CT molecular complexity index is 851. The first-order chi connectivity index (χ1) is 11.8. The van der Waals surface area contributed by atoms with Crippen LogP contribution in [0.25, 0.3) is 10.8 Å². The molecule has 122 valence electrons. The third kappa shape index (κ3) is 2.50. The lowest BCUT2D eigenvalue weighted by molar-refractivity contribution is -0.0145. The van der Waals surface area contributed by atoms with Gasteiger partial charge in [0.05, 0.1) is 30.6 Å². The zero-order chi connectivity index (χ0) is 16.5. The number of fused-ring (bicyclic) bond motifs is 1. The minimum atomic E-state index is -0.739. The van der Waals surface area contributed by atoms with Crippen molar-refractivity contribution in [3.63, 3.8) is 0 Å². The van der Waals surface area contributed by atoms with E-state index in [1.54, 1.807) is 0 Å². The van der Waals surface area contributed by atoms with E-state index in [1.807, 2.05) is 53.4 Å². The molecule has 4 nitrogen and oxygen atoms in total. The van der Waals surface area contributed by atoms with Gasteiger partial charge in [0.2, 0.25) is 0 Å². The molecular formula is C20H20N2O2. The second kappa shape index (κ2) is 6.15. The van der Waals surface area contributed by atoms with Crippen molar-refractivity contribution in [3.8, 4) is 0 Å². The SMILES string of the molecule is Nc1ccc2ccccc2c1N1C(O)COCC1c1ccccc1. The van der Waals surface area contributed by atoms with Gasteiger partial charge in [-0.1, -0.05) is 60.7 Å². The molecule has 1 aliphatic heterocycles. The van der Waals surface area contributed by atoms with E-state index >= 15 is 0 Å². The molecule has 4 heteroatoms. The van der Waals surface area contributed by atoms with Gasteiger partial charge >= 0.3 is 0 Å². The number of ether oxygens (including phenoxy) is 1. The van der Waals surface area contributed by atoms with Gasteiger partial charge in [-0.2, -0.15) is 0 Å². The third-order valence-electron chi connectivity index (χ3n) is 4.57. The highest BCUT2D eigenvalue weighted by atomic mass is 16.5. The van der Waals surface area contributed by atoms with Gasteiger partial charge in [-0.25, -0.2) is 0 Å². The quantitative estimate of drug-likeness (QED) is 0.711. The summed E-state index contributed by atoms with van der Waals surface area (Å²) in [5.74, 6) is 0. The summed E-state index contributed by atoms with van der Waals surface area (Å²) in [6.45, 7) is 0.787. The summed E-state index contributed by atoms with van der Waals surface area (Å²) in [4.78, 5) is 2.00. The average molecular weight is 320 g/mol. The lowest BCUT2D eigenvalue weighted by atomic mass is 10.00. The van der Waals surface area contributed by atoms with Crippen LogP contribution in [-0.4, -0.2) is 24.5 Å². The highest BCUT2D eigenvalue weighted by Crippen LogP contribution is 2.40. The predicted octanol–water partition coefficient (Wildman–Crippen LogP) is 3.32. The van der Waals surface area contributed by atoms with Crippen molar-refractivity contribution in [1.29, 1.82) is 0 Å². The van der Waals surface area contributed by atoms with Crippen LogP contribution < -0.4 is 10.6 Å². The van der Waals surface area contributed by atoms with Crippen LogP contribution in [-0.2, 0) is 4.74 Å². The second-order valence-electron chi connectivity index (χ2n) is 6.08. The van der Waals surface area contributed by atoms with Gasteiger partial charge in [0.15, 0.2) is 6.23 Å². The van der Waals surface area contributed by atoms with Gasteiger partial charge in [0.1, 0.15) is 0 Å². The van der Waals surface area contributed by atoms with Crippen LogP contribution in [0, 0.1) is 0 Å². The number of nitrogen functional groups attached to an aromatic ring is 1. The molecule has 1 saturated heterocycles. The normalized spacial score (nSPS) is 21.1. The van der Waals surface area contributed by atoms with Crippen LogP contribution in [0.1, 0.15) is 11.6 Å². The molecule has 2 atom stereocenters. The molecule has 0 aromatic heterocycles. The topological polar surface area (TPSA) is 58.7 Å². The molecule has 0 amide bonds. The smallest absolute Gasteiger partial charge is 0.151 e. The number of nitrogens with zero attached hydrogens (tertiary/aromatic N) is 1. The molecule has 3 aromatic carbocycles. The summed E-state index contributed by atoms with van der Waals surface area (Å²) in [5, 5.41) is 12.8. The first-order valence-corrected chi connectivity index (χ1v) is 8.12. The summed E-state index contributed by atoms with van der Waals surface area (Å²) in [5.41, 5.74) is 8.96. The molecule has 1 aliphatic rings. The zero-order valence-electron chi connectivity index (χ0n) is 13.3. The average Bonchev–Trinajstić information content (AvgIpc) is 2.63. The molecule has 2 unspecified atom stereocenters. The molecule has 4 rings (SSSR count). The number of morpholine rings is 1. The van der Waals surface area contributed by atoms with E-state index in [2.05, 4.69) is 18.2 Å². The molecule has 0 bridgehead atoms. The number of aliphatic hydroxyl groups is 1. The van der Waals surface area contributed by atoms with E-state index in [0.717, 1.165) is 22.0 Å². The Balaban J connectivity index is 1.90. The van der Waals surface area contributed by atoms with Crippen molar-refractivity contribution in [3.05, 3.63) is 72.3 Å². The maximum atomic E-state index is 10.7. The molecule has 0 radical (unpaired) electrons. The van der Waals surface area contributed by atoms with Gasteiger partial charge in [0, 0.05) is 5.39 Å². The lowest BCUT2D eigenvalue weighted by Gasteiger charge is -2.42. The molecule has 1 fully saturated rings. The van der Waals surface area contributed by atoms with Crippen molar-refractivity contribution in [1.82, 2.24) is 0 Å². The molecular weight excluding hydrogens is 300 g/mol. The standard InChI is InChI=1S/C20H20N2O2/c21-17-11-10-14-6-4-5-9-16(14)20(17)22-18(12-24-13-19(22)23)15-7-2-1-3-8-15/h1-11,18-19,23H,12-13,21H2. The van der Waals surface area contributed by atoms with Gasteiger partial charge in [0.25, 0.3) is 0 Å². The van der Waals surface area contributed by atoms with E-state index in [1.165, 1.54) is 0 Å². The molecule has 3 aromatic rings. The van der Waals surface area contributed by atoms with Crippen LogP contribution in [0.15, 0.2) is 66.7 Å². The Morgan fingerprint density at radius 2 is 1.67 bits per heavy atom. The van der Waals surface area contributed by atoms with E-state index in [0.29, 0.717) is 12.3 Å². The fraction of sp³-hybridized carbons (Fsp3) is 0.200. The maximum absolute atomic E-state index is 10.7. The monoisotopic (exact) mass is 320 g/mol. The van der Waals surface area contributed by atoms with Gasteiger partial charge in [-0.15, -0.1) is 0 Å². The summed E-state index contributed by atoms with van der Waals surface area (Å²) in [6.07, 6.45) is -0.739. The van der Waals surface area contributed by atoms with E-state index < -0.39 is 6.23 Å². The third-order valence-corrected chi connectivity index (χ3v) is 4.57. The number of anilines is 2. The van der Waals surface area contributed by atoms with Gasteiger partial charge in [-0.3, -0.25) is 0 Å². The van der Waals surface area contributed by atoms with Crippen LogP contribution in [0.3, 0.4) is 0 Å². The molecule has 0 aliphatic carbocycles. The van der Waals surface area contributed by atoms with E-state index in [4.69, 9.17) is 10.5 Å². The van der Waals surface area contributed by atoms with Crippen molar-refractivity contribution >= 4 is 22.1 Å². The minimum Gasteiger partial charge on any atom is -0.397 e. The van der Waals surface area contributed by atoms with Crippen LogP contribution in [0.2, 0.25) is 0 Å². The molecule has 0 spiro atoms. The molecule has 3 N–H and O–H groups in total. The molecule has 0 saturated carbocycles. The highest BCUT2D eigenvalue weighted by molar-refractivity contribution is 6.00. The van der Waals surface area contributed by atoms with Crippen molar-refractivity contribution in [2.24, 2.45) is 0 Å². The maximum Gasteiger partial charge on any atom is 0.151 e. The lowest BCUT2D eigenvalue weighted by Crippen LogP contribution is -2.48. The van der Waals surface area contributed by atoms with Crippen molar-refractivity contribution in [2.75, 3.05) is 23.8 Å². The number of benzene rings is 3. The number of hydrogen-bond acceptors (Lipinski definition) is 4. The Morgan fingerprint density at radius 1 is 0.917 bits per heavy atom. The Morgan fingerprint density at radius 3 is 2.50 bits per heavy atom. The van der Waals surface area contributed by atoms with Crippen LogP contribution in [0.5, 0.6) is 0 Å². The first-order valence-electron chi connectivity index (χ1n) is 8.12. The number of hydrogen-bond donors (Lipinski definition) is 2. The highest BCUT2D eigenvalue weighted by Gasteiger charge is 2.33. The summed E-state index contributed by atoms with van der Waals surface area (Å²) in [6, 6.07) is 22.0. The molecule has 24 heavy (non-hydrogen) atoms. The second-order valence-corrected chi connectivity index (χ2v) is 6.08. The number of aliphatic hydroxyl groups excluding tert-OH is 1. The minimum absolute atomic E-state index is 0.0805. The summed E-state index contributed by atoms with van der Waals surface area (Å²) in [7, 11) is 0.